The number of carboxylic acid groups (broad SMARTS) is 1. The number of hydrogen-bond acceptors (Lipinski definition) is 6. The van der Waals surface area contributed by atoms with Crippen LogP contribution in [0.4, 0.5) is 4.39 Å². The molecule has 0 spiro atoms. The van der Waals surface area contributed by atoms with Crippen molar-refractivity contribution >= 4 is 25.8 Å². The van der Waals surface area contributed by atoms with Crippen molar-refractivity contribution in [1.82, 2.24) is 4.31 Å². The van der Waals surface area contributed by atoms with E-state index in [1.165, 1.54) is 37.4 Å². The molecule has 0 fully saturated rings. The summed E-state index contributed by atoms with van der Waals surface area (Å²) in [5.74, 6) is -1.55. The molecule has 0 saturated heterocycles. The zero-order chi connectivity index (χ0) is 25.1. The van der Waals surface area contributed by atoms with E-state index in [9.17, 15) is 26.0 Å². The molecule has 0 atom stereocenters. The molecule has 11 heteroatoms. The summed E-state index contributed by atoms with van der Waals surface area (Å²) in [6, 6.07) is 15.2. The molecular weight excluding hydrogens is 485 g/mol. The van der Waals surface area contributed by atoms with Crippen molar-refractivity contribution in [1.29, 1.82) is 0 Å². The molecule has 34 heavy (non-hydrogen) atoms. The first-order chi connectivity index (χ1) is 15.9. The quantitative estimate of drug-likeness (QED) is 0.473. The normalized spacial score (nSPS) is 12.0. The van der Waals surface area contributed by atoms with Gasteiger partial charge in [0.05, 0.1) is 9.79 Å². The van der Waals surface area contributed by atoms with Crippen LogP contribution < -0.4 is 4.74 Å². The fraction of sp³-hybridized carbons (Fsp3) is 0.174. The summed E-state index contributed by atoms with van der Waals surface area (Å²) in [5.41, 5.74) is 1.39. The van der Waals surface area contributed by atoms with E-state index in [0.717, 1.165) is 22.7 Å². The zero-order valence-corrected chi connectivity index (χ0v) is 19.9. The predicted octanol–water partition coefficient (Wildman–Crippen LogP) is 3.18. The molecule has 3 rings (SSSR count). The fourth-order valence-electron chi connectivity index (χ4n) is 3.19. The molecule has 1 N–H and O–H groups in total. The number of benzene rings is 3. The molecule has 0 unspecified atom stereocenters. The number of hydrogen-bond donors (Lipinski definition) is 1. The SMILES string of the molecule is CN(Cc1ccc(OCC(=O)O)c(-c2cccc(S(C)(=O)=O)c2)c1)S(=O)(=O)c1ccc(F)cc1. The maximum absolute atomic E-state index is 13.2. The zero-order valence-electron chi connectivity index (χ0n) is 18.3. The molecule has 0 aliphatic rings. The Bertz CT molecular complexity index is 1420. The predicted molar refractivity (Wildman–Crippen MR) is 123 cm³/mol. The third-order valence-corrected chi connectivity index (χ3v) is 7.82. The van der Waals surface area contributed by atoms with E-state index in [0.29, 0.717) is 16.7 Å². The highest BCUT2D eigenvalue weighted by Gasteiger charge is 2.22. The molecule has 0 heterocycles. The number of nitrogens with zero attached hydrogens (tertiary/aromatic N) is 1. The van der Waals surface area contributed by atoms with Crippen molar-refractivity contribution in [3.63, 3.8) is 0 Å². The third-order valence-electron chi connectivity index (χ3n) is 4.90. The van der Waals surface area contributed by atoms with Gasteiger partial charge in [0.25, 0.3) is 0 Å². The van der Waals surface area contributed by atoms with Gasteiger partial charge in [-0.2, -0.15) is 4.31 Å². The van der Waals surface area contributed by atoms with E-state index in [2.05, 4.69) is 0 Å². The van der Waals surface area contributed by atoms with Gasteiger partial charge in [-0.25, -0.2) is 26.0 Å². The van der Waals surface area contributed by atoms with Crippen molar-refractivity contribution in [2.45, 2.75) is 16.3 Å². The van der Waals surface area contributed by atoms with E-state index in [1.54, 1.807) is 24.3 Å². The first-order valence-corrected chi connectivity index (χ1v) is 13.2. The first kappa shape index (κ1) is 25.3. The van der Waals surface area contributed by atoms with Gasteiger partial charge in [-0.1, -0.05) is 18.2 Å². The molecule has 3 aromatic rings. The number of halogens is 1. The second-order valence-electron chi connectivity index (χ2n) is 7.53. The van der Waals surface area contributed by atoms with E-state index in [1.807, 2.05) is 0 Å². The first-order valence-electron chi connectivity index (χ1n) is 9.88. The van der Waals surface area contributed by atoms with Crippen LogP contribution >= 0.6 is 0 Å². The van der Waals surface area contributed by atoms with Crippen LogP contribution in [0.3, 0.4) is 0 Å². The lowest BCUT2D eigenvalue weighted by Crippen LogP contribution is -2.26. The largest absolute Gasteiger partial charge is 0.481 e. The molecular formula is C23H22FNO7S2. The summed E-state index contributed by atoms with van der Waals surface area (Å²) >= 11 is 0. The van der Waals surface area contributed by atoms with Gasteiger partial charge in [0.15, 0.2) is 16.4 Å². The van der Waals surface area contributed by atoms with Crippen molar-refractivity contribution in [2.75, 3.05) is 19.9 Å². The van der Waals surface area contributed by atoms with E-state index in [-0.39, 0.29) is 22.1 Å². The Kier molecular flexibility index (Phi) is 7.39. The van der Waals surface area contributed by atoms with Crippen LogP contribution in [0.15, 0.2) is 76.5 Å². The Morgan fingerprint density at radius 1 is 0.971 bits per heavy atom. The van der Waals surface area contributed by atoms with E-state index in [4.69, 9.17) is 9.84 Å². The molecule has 0 aliphatic carbocycles. The molecule has 0 radical (unpaired) electrons. The standard InChI is InChI=1S/C23H22FNO7S2/c1-25(34(30,31)19-9-7-18(24)8-10-19)14-16-6-11-22(32-15-23(26)27)21(12-16)17-4-3-5-20(13-17)33(2,28)29/h3-13H,14-15H2,1-2H3,(H,26,27). The van der Waals surface area contributed by atoms with Crippen LogP contribution in [0.5, 0.6) is 5.75 Å². The van der Waals surface area contributed by atoms with Gasteiger partial charge in [-0.05, 0) is 59.7 Å². The number of aliphatic carboxylic acids is 1. The third kappa shape index (κ3) is 5.99. The Labute approximate surface area is 197 Å². The van der Waals surface area contributed by atoms with Crippen LogP contribution in [-0.4, -0.2) is 52.1 Å². The van der Waals surface area contributed by atoms with Gasteiger partial charge >= 0.3 is 5.97 Å². The molecule has 0 aromatic heterocycles. The molecule has 8 nitrogen and oxygen atoms in total. The number of carbonyl (C=O) groups is 1. The van der Waals surface area contributed by atoms with Gasteiger partial charge in [0, 0.05) is 25.4 Å². The van der Waals surface area contributed by atoms with Gasteiger partial charge in [0.2, 0.25) is 10.0 Å². The molecule has 3 aromatic carbocycles. The van der Waals surface area contributed by atoms with Crippen molar-refractivity contribution in [3.05, 3.63) is 78.1 Å². The summed E-state index contributed by atoms with van der Waals surface area (Å²) < 4.78 is 69.3. The number of sulfonamides is 1. The molecule has 0 bridgehead atoms. The second-order valence-corrected chi connectivity index (χ2v) is 11.6. The Balaban J connectivity index is 2.00. The van der Waals surface area contributed by atoms with Crippen LogP contribution in [0.2, 0.25) is 0 Å². The fourth-order valence-corrected chi connectivity index (χ4v) is 5.02. The monoisotopic (exact) mass is 507 g/mol. The maximum atomic E-state index is 13.2. The lowest BCUT2D eigenvalue weighted by molar-refractivity contribution is -0.139. The van der Waals surface area contributed by atoms with Crippen molar-refractivity contribution in [2.24, 2.45) is 0 Å². The topological polar surface area (TPSA) is 118 Å². The highest BCUT2D eigenvalue weighted by atomic mass is 32.2. The van der Waals surface area contributed by atoms with Crippen molar-refractivity contribution < 1.29 is 35.9 Å². The second kappa shape index (κ2) is 9.92. The number of rotatable bonds is 9. The van der Waals surface area contributed by atoms with Gasteiger partial charge < -0.3 is 9.84 Å². The lowest BCUT2D eigenvalue weighted by atomic mass is 10.0. The van der Waals surface area contributed by atoms with Crippen molar-refractivity contribution in [3.8, 4) is 16.9 Å². The molecule has 0 aliphatic heterocycles. The summed E-state index contributed by atoms with van der Waals surface area (Å²) in [4.78, 5) is 11.0. The summed E-state index contributed by atoms with van der Waals surface area (Å²) in [7, 11) is -6.04. The molecule has 0 amide bonds. The van der Waals surface area contributed by atoms with Crippen LogP contribution in [0.1, 0.15) is 5.56 Å². The summed E-state index contributed by atoms with van der Waals surface area (Å²) in [6.45, 7) is -0.672. The van der Waals surface area contributed by atoms with Gasteiger partial charge in [-0.3, -0.25) is 0 Å². The number of sulfone groups is 1. The average molecular weight is 508 g/mol. The van der Waals surface area contributed by atoms with Crippen LogP contribution in [-0.2, 0) is 31.2 Å². The van der Waals surface area contributed by atoms with E-state index >= 15 is 0 Å². The molecule has 0 saturated carbocycles. The minimum atomic E-state index is -3.91. The minimum absolute atomic E-state index is 0.0578. The van der Waals surface area contributed by atoms with Crippen LogP contribution in [0, 0.1) is 5.82 Å². The van der Waals surface area contributed by atoms with E-state index < -0.39 is 38.3 Å². The highest BCUT2D eigenvalue weighted by Crippen LogP contribution is 2.33. The lowest BCUT2D eigenvalue weighted by Gasteiger charge is -2.19. The summed E-state index contributed by atoms with van der Waals surface area (Å²) in [6.07, 6.45) is 1.07. The number of carboxylic acids is 1. The molecule has 180 valence electrons. The van der Waals surface area contributed by atoms with Crippen LogP contribution in [0.25, 0.3) is 11.1 Å². The minimum Gasteiger partial charge on any atom is -0.481 e. The van der Waals surface area contributed by atoms with Gasteiger partial charge in [-0.15, -0.1) is 0 Å². The smallest absolute Gasteiger partial charge is 0.341 e. The Morgan fingerprint density at radius 2 is 1.65 bits per heavy atom. The Hall–Kier alpha value is -3.28. The number of ether oxygens (including phenoxy) is 1. The average Bonchev–Trinajstić information content (AvgIpc) is 2.78. The van der Waals surface area contributed by atoms with Gasteiger partial charge in [0.1, 0.15) is 11.6 Å². The maximum Gasteiger partial charge on any atom is 0.341 e. The Morgan fingerprint density at radius 3 is 2.26 bits per heavy atom. The summed E-state index contributed by atoms with van der Waals surface area (Å²) in [5, 5.41) is 8.97. The highest BCUT2D eigenvalue weighted by molar-refractivity contribution is 7.90.